The van der Waals surface area contributed by atoms with Crippen molar-refractivity contribution in [2.75, 3.05) is 19.8 Å². The van der Waals surface area contributed by atoms with E-state index in [2.05, 4.69) is 0 Å². The fourth-order valence-corrected chi connectivity index (χ4v) is 1.62. The van der Waals surface area contributed by atoms with Crippen LogP contribution in [0.15, 0.2) is 24.3 Å². The molecule has 16 heavy (non-hydrogen) atoms. The smallest absolute Gasteiger partial charge is 0.335 e. The third-order valence-corrected chi connectivity index (χ3v) is 2.61. The van der Waals surface area contributed by atoms with Gasteiger partial charge in [-0.3, -0.25) is 0 Å². The Hall–Kier alpha value is -1.55. The average molecular weight is 222 g/mol. The van der Waals surface area contributed by atoms with Crippen LogP contribution >= 0.6 is 0 Å². The van der Waals surface area contributed by atoms with Crippen molar-refractivity contribution in [2.24, 2.45) is 5.92 Å². The lowest BCUT2D eigenvalue weighted by Gasteiger charge is -2.10. The van der Waals surface area contributed by atoms with Gasteiger partial charge in [0, 0.05) is 12.5 Å². The zero-order valence-electron chi connectivity index (χ0n) is 8.89. The van der Waals surface area contributed by atoms with Crippen LogP contribution < -0.4 is 4.74 Å². The van der Waals surface area contributed by atoms with Crippen molar-refractivity contribution in [3.05, 3.63) is 29.8 Å². The molecule has 1 atom stereocenters. The molecule has 0 unspecified atom stereocenters. The summed E-state index contributed by atoms with van der Waals surface area (Å²) in [4.78, 5) is 10.6. The van der Waals surface area contributed by atoms with E-state index in [4.69, 9.17) is 14.6 Å². The summed E-state index contributed by atoms with van der Waals surface area (Å²) in [6.07, 6.45) is 1.03. The topological polar surface area (TPSA) is 55.8 Å². The first-order chi connectivity index (χ1) is 7.75. The van der Waals surface area contributed by atoms with Crippen LogP contribution in [0, 0.1) is 5.92 Å². The molecule has 1 aromatic carbocycles. The Morgan fingerprint density at radius 2 is 2.19 bits per heavy atom. The molecule has 0 radical (unpaired) electrons. The zero-order chi connectivity index (χ0) is 11.4. The number of aromatic carboxylic acids is 1. The van der Waals surface area contributed by atoms with Crippen molar-refractivity contribution in [2.45, 2.75) is 6.42 Å². The highest BCUT2D eigenvalue weighted by Gasteiger charge is 2.16. The van der Waals surface area contributed by atoms with E-state index in [0.717, 1.165) is 19.6 Å². The first-order valence-corrected chi connectivity index (χ1v) is 5.29. The van der Waals surface area contributed by atoms with Crippen molar-refractivity contribution < 1.29 is 19.4 Å². The van der Waals surface area contributed by atoms with Crippen LogP contribution in [0.1, 0.15) is 16.8 Å². The molecule has 0 saturated carbocycles. The molecule has 1 aromatic rings. The molecule has 1 N–H and O–H groups in total. The van der Waals surface area contributed by atoms with E-state index in [9.17, 15) is 4.79 Å². The molecule has 0 amide bonds. The minimum absolute atomic E-state index is 0.275. The number of rotatable bonds is 4. The first kappa shape index (κ1) is 11.0. The van der Waals surface area contributed by atoms with Crippen LogP contribution in [-0.2, 0) is 4.74 Å². The number of benzene rings is 1. The Kier molecular flexibility index (Phi) is 3.41. The molecule has 0 aliphatic carbocycles. The van der Waals surface area contributed by atoms with Gasteiger partial charge < -0.3 is 14.6 Å². The van der Waals surface area contributed by atoms with Gasteiger partial charge in [-0.25, -0.2) is 4.79 Å². The maximum Gasteiger partial charge on any atom is 0.335 e. The number of carboxylic acid groups (broad SMARTS) is 1. The molecule has 1 aliphatic heterocycles. The highest BCUT2D eigenvalue weighted by molar-refractivity contribution is 5.87. The first-order valence-electron chi connectivity index (χ1n) is 5.29. The Bertz CT molecular complexity index is 352. The Morgan fingerprint density at radius 1 is 1.44 bits per heavy atom. The van der Waals surface area contributed by atoms with E-state index >= 15 is 0 Å². The molecule has 1 aliphatic rings. The molecule has 4 nitrogen and oxygen atoms in total. The van der Waals surface area contributed by atoms with E-state index in [0.29, 0.717) is 18.3 Å². The quantitative estimate of drug-likeness (QED) is 0.844. The minimum Gasteiger partial charge on any atom is -0.493 e. The lowest BCUT2D eigenvalue weighted by atomic mass is 10.1. The molecular formula is C12H14O4. The summed E-state index contributed by atoms with van der Waals surface area (Å²) in [5.41, 5.74) is 0.275. The van der Waals surface area contributed by atoms with Gasteiger partial charge in [0.15, 0.2) is 0 Å². The van der Waals surface area contributed by atoms with Crippen molar-refractivity contribution in [3.63, 3.8) is 0 Å². The summed E-state index contributed by atoms with van der Waals surface area (Å²) in [5, 5.41) is 8.72. The molecule has 4 heteroatoms. The van der Waals surface area contributed by atoms with Gasteiger partial charge in [0.1, 0.15) is 5.75 Å². The Labute approximate surface area is 93.8 Å². The molecule has 2 rings (SSSR count). The second-order valence-electron chi connectivity index (χ2n) is 3.87. The number of ether oxygens (including phenoxy) is 2. The average Bonchev–Trinajstić information content (AvgIpc) is 2.80. The van der Waals surface area contributed by atoms with Crippen molar-refractivity contribution in [1.29, 1.82) is 0 Å². The van der Waals surface area contributed by atoms with Crippen LogP contribution in [0.3, 0.4) is 0 Å². The van der Waals surface area contributed by atoms with Crippen LogP contribution in [-0.4, -0.2) is 30.9 Å². The normalized spacial score (nSPS) is 19.6. The third-order valence-electron chi connectivity index (χ3n) is 2.61. The van der Waals surface area contributed by atoms with E-state index < -0.39 is 5.97 Å². The predicted octanol–water partition coefficient (Wildman–Crippen LogP) is 1.80. The van der Waals surface area contributed by atoms with Gasteiger partial charge in [-0.2, -0.15) is 0 Å². The number of carbonyl (C=O) groups is 1. The van der Waals surface area contributed by atoms with E-state index in [1.165, 1.54) is 0 Å². The highest BCUT2D eigenvalue weighted by Crippen LogP contribution is 2.17. The molecule has 0 aromatic heterocycles. The third kappa shape index (κ3) is 2.73. The predicted molar refractivity (Wildman–Crippen MR) is 57.8 cm³/mol. The van der Waals surface area contributed by atoms with Crippen LogP contribution in [0.2, 0.25) is 0 Å². The summed E-state index contributed by atoms with van der Waals surface area (Å²) in [6.45, 7) is 2.20. The fraction of sp³-hybridized carbons (Fsp3) is 0.417. The van der Waals surface area contributed by atoms with Crippen LogP contribution in [0.25, 0.3) is 0 Å². The Morgan fingerprint density at radius 3 is 2.75 bits per heavy atom. The highest BCUT2D eigenvalue weighted by atomic mass is 16.5. The van der Waals surface area contributed by atoms with E-state index in [-0.39, 0.29) is 5.56 Å². The largest absolute Gasteiger partial charge is 0.493 e. The molecular weight excluding hydrogens is 208 g/mol. The summed E-state index contributed by atoms with van der Waals surface area (Å²) < 4.78 is 10.8. The standard InChI is InChI=1S/C12H14O4/c13-12(14)10-1-3-11(4-2-10)16-8-9-5-6-15-7-9/h1-4,9H,5-8H2,(H,13,14)/t9-/m1/s1. The van der Waals surface area contributed by atoms with Gasteiger partial charge in [0.05, 0.1) is 18.8 Å². The molecule has 0 bridgehead atoms. The molecule has 1 heterocycles. The van der Waals surface area contributed by atoms with Gasteiger partial charge in [0.2, 0.25) is 0 Å². The Balaban J connectivity index is 1.87. The van der Waals surface area contributed by atoms with Crippen LogP contribution in [0.4, 0.5) is 0 Å². The van der Waals surface area contributed by atoms with Crippen LogP contribution in [0.5, 0.6) is 5.75 Å². The number of carboxylic acids is 1. The minimum atomic E-state index is -0.921. The maximum absolute atomic E-state index is 10.6. The second-order valence-corrected chi connectivity index (χ2v) is 3.87. The van der Waals surface area contributed by atoms with Crippen molar-refractivity contribution >= 4 is 5.97 Å². The second kappa shape index (κ2) is 4.99. The molecule has 1 fully saturated rings. The lowest BCUT2D eigenvalue weighted by molar-refractivity contribution is 0.0697. The summed E-state index contributed by atoms with van der Waals surface area (Å²) in [7, 11) is 0. The van der Waals surface area contributed by atoms with Gasteiger partial charge in [0.25, 0.3) is 0 Å². The van der Waals surface area contributed by atoms with E-state index in [1.807, 2.05) is 0 Å². The zero-order valence-corrected chi connectivity index (χ0v) is 8.89. The molecule has 0 spiro atoms. The summed E-state index contributed by atoms with van der Waals surface area (Å²) in [5.74, 6) is 0.242. The van der Waals surface area contributed by atoms with Gasteiger partial charge in [-0.1, -0.05) is 0 Å². The fourth-order valence-electron chi connectivity index (χ4n) is 1.62. The monoisotopic (exact) mass is 222 g/mol. The maximum atomic E-state index is 10.6. The van der Waals surface area contributed by atoms with Gasteiger partial charge in [-0.05, 0) is 30.7 Å². The SMILES string of the molecule is O=C(O)c1ccc(OC[C@@H]2CCOC2)cc1. The van der Waals surface area contributed by atoms with Gasteiger partial charge in [-0.15, -0.1) is 0 Å². The van der Waals surface area contributed by atoms with Crippen molar-refractivity contribution in [3.8, 4) is 5.75 Å². The molecule has 1 saturated heterocycles. The molecule has 86 valence electrons. The van der Waals surface area contributed by atoms with E-state index in [1.54, 1.807) is 24.3 Å². The summed E-state index contributed by atoms with van der Waals surface area (Å²) in [6, 6.07) is 6.45. The summed E-state index contributed by atoms with van der Waals surface area (Å²) >= 11 is 0. The van der Waals surface area contributed by atoms with Gasteiger partial charge >= 0.3 is 5.97 Å². The number of hydrogen-bond acceptors (Lipinski definition) is 3. The van der Waals surface area contributed by atoms with Crippen molar-refractivity contribution in [1.82, 2.24) is 0 Å². The lowest BCUT2D eigenvalue weighted by Crippen LogP contribution is -2.11. The number of hydrogen-bond donors (Lipinski definition) is 1.